The van der Waals surface area contributed by atoms with Gasteiger partial charge in [0.15, 0.2) is 23.1 Å². The van der Waals surface area contributed by atoms with Crippen molar-refractivity contribution in [3.63, 3.8) is 0 Å². The molecule has 0 aliphatic carbocycles. The first kappa shape index (κ1) is 21.5. The minimum atomic E-state index is -1.05. The molecule has 0 fully saturated rings. The van der Waals surface area contributed by atoms with Gasteiger partial charge < -0.3 is 14.4 Å². The van der Waals surface area contributed by atoms with Crippen molar-refractivity contribution in [2.24, 2.45) is 0 Å². The first-order valence-electron chi connectivity index (χ1n) is 9.27. The normalized spacial score (nSPS) is 11.0. The maximum absolute atomic E-state index is 12.8. The Kier molecular flexibility index (Phi) is 6.20. The zero-order chi connectivity index (χ0) is 22.7. The molecule has 0 radical (unpaired) electrons. The quantitative estimate of drug-likeness (QED) is 0.422. The number of hydrogen-bond acceptors (Lipinski definition) is 6. The third-order valence-electron chi connectivity index (χ3n) is 4.50. The number of rotatable bonds is 6. The van der Waals surface area contributed by atoms with E-state index in [1.807, 2.05) is 0 Å². The Balaban J connectivity index is 1.60. The number of ether oxygens (including phenoxy) is 1. The number of benzene rings is 2. The number of carbonyl (C=O) groups is 2. The lowest BCUT2D eigenvalue weighted by Gasteiger charge is -2.19. The van der Waals surface area contributed by atoms with Crippen LogP contribution >= 0.6 is 23.2 Å². The van der Waals surface area contributed by atoms with Gasteiger partial charge in [-0.1, -0.05) is 47.5 Å². The largest absolute Gasteiger partial charge is 0.480 e. The highest BCUT2D eigenvalue weighted by Gasteiger charge is 2.21. The summed E-state index contributed by atoms with van der Waals surface area (Å²) in [6.45, 7) is -0.327. The molecule has 0 unspecified atom stereocenters. The second-order valence-electron chi connectivity index (χ2n) is 6.67. The molecule has 2 N–H and O–H groups in total. The summed E-state index contributed by atoms with van der Waals surface area (Å²) in [7, 11) is 0. The van der Waals surface area contributed by atoms with Crippen molar-refractivity contribution in [2.75, 3.05) is 5.32 Å². The summed E-state index contributed by atoms with van der Waals surface area (Å²) < 4.78 is 7.03. The third kappa shape index (κ3) is 4.79. The molecule has 0 aliphatic heterocycles. The molecule has 4 rings (SSSR count). The standard InChI is InChI=1S/C21H15Cl2N5O4/c22-14-5-1-12(2-6-14)18(13-3-7-15(23)8-4-13)32-21(31)27-19-17-20(25-10-24-19)28(11-26-17)9-16(29)30/h1-8,10-11,18H,9H2,(H,29,30)(H,24,25,27,31). The minimum absolute atomic E-state index is 0.0927. The topological polar surface area (TPSA) is 119 Å². The molecule has 162 valence electrons. The number of halogens is 2. The molecule has 0 atom stereocenters. The SMILES string of the molecule is O=C(O)Cn1cnc2c(NC(=O)OC(c3ccc(Cl)cc3)c3ccc(Cl)cc3)ncnc21. The number of nitrogens with one attached hydrogen (secondary N) is 1. The Morgan fingerprint density at radius 3 is 2.12 bits per heavy atom. The Morgan fingerprint density at radius 1 is 0.969 bits per heavy atom. The Hall–Kier alpha value is -3.69. The molecule has 0 spiro atoms. The molecular weight excluding hydrogens is 457 g/mol. The lowest BCUT2D eigenvalue weighted by atomic mass is 10.0. The van der Waals surface area contributed by atoms with Gasteiger partial charge >= 0.3 is 12.1 Å². The van der Waals surface area contributed by atoms with E-state index >= 15 is 0 Å². The molecule has 4 aromatic rings. The molecule has 0 bridgehead atoms. The average molecular weight is 472 g/mol. The molecule has 0 saturated heterocycles. The van der Waals surface area contributed by atoms with E-state index < -0.39 is 18.2 Å². The summed E-state index contributed by atoms with van der Waals surface area (Å²) in [5.74, 6) is -0.958. The van der Waals surface area contributed by atoms with Gasteiger partial charge in [-0.15, -0.1) is 0 Å². The second-order valence-corrected chi connectivity index (χ2v) is 7.55. The summed E-state index contributed by atoms with van der Waals surface area (Å²) in [6.07, 6.45) is 0.987. The van der Waals surface area contributed by atoms with Crippen LogP contribution in [0.15, 0.2) is 61.2 Å². The average Bonchev–Trinajstić information content (AvgIpc) is 3.17. The summed E-state index contributed by atoms with van der Waals surface area (Å²) in [5, 5.41) is 12.7. The number of imidazole rings is 1. The maximum atomic E-state index is 12.8. The first-order chi connectivity index (χ1) is 15.4. The Morgan fingerprint density at radius 2 is 1.56 bits per heavy atom. The maximum Gasteiger partial charge on any atom is 0.413 e. The minimum Gasteiger partial charge on any atom is -0.480 e. The van der Waals surface area contributed by atoms with Crippen LogP contribution in [0, 0.1) is 0 Å². The summed E-state index contributed by atoms with van der Waals surface area (Å²) in [4.78, 5) is 36.0. The summed E-state index contributed by atoms with van der Waals surface area (Å²) in [5.41, 5.74) is 1.90. The Bertz CT molecular complexity index is 1230. The van der Waals surface area contributed by atoms with E-state index in [1.54, 1.807) is 48.5 Å². The summed E-state index contributed by atoms with van der Waals surface area (Å²) in [6, 6.07) is 13.8. The lowest BCUT2D eigenvalue weighted by molar-refractivity contribution is -0.137. The van der Waals surface area contributed by atoms with Gasteiger partial charge in [-0.3, -0.25) is 10.1 Å². The first-order valence-corrected chi connectivity index (χ1v) is 10.0. The number of amides is 1. The molecule has 2 aromatic heterocycles. The Labute approximate surface area is 191 Å². The molecule has 0 aliphatic rings. The highest BCUT2D eigenvalue weighted by Crippen LogP contribution is 2.29. The predicted molar refractivity (Wildman–Crippen MR) is 118 cm³/mol. The molecular formula is C21H15Cl2N5O4. The smallest absolute Gasteiger partial charge is 0.413 e. The van der Waals surface area contributed by atoms with E-state index in [9.17, 15) is 9.59 Å². The van der Waals surface area contributed by atoms with Gasteiger partial charge in [-0.2, -0.15) is 0 Å². The van der Waals surface area contributed by atoms with Crippen molar-refractivity contribution in [3.05, 3.63) is 82.4 Å². The van der Waals surface area contributed by atoms with Crippen LogP contribution in [0.5, 0.6) is 0 Å². The van der Waals surface area contributed by atoms with E-state index in [1.165, 1.54) is 17.2 Å². The van der Waals surface area contributed by atoms with E-state index in [0.29, 0.717) is 21.2 Å². The second kappa shape index (κ2) is 9.21. The van der Waals surface area contributed by atoms with Crippen molar-refractivity contribution in [2.45, 2.75) is 12.6 Å². The fourth-order valence-corrected chi connectivity index (χ4v) is 3.32. The highest BCUT2D eigenvalue weighted by molar-refractivity contribution is 6.30. The predicted octanol–water partition coefficient (Wildman–Crippen LogP) is 4.56. The van der Waals surface area contributed by atoms with E-state index in [-0.39, 0.29) is 23.5 Å². The number of aromatic nitrogens is 4. The molecule has 1 amide bonds. The number of carboxylic acid groups (broad SMARTS) is 1. The van der Waals surface area contributed by atoms with Gasteiger partial charge in [0.1, 0.15) is 12.9 Å². The number of carboxylic acids is 1. The fraction of sp³-hybridized carbons (Fsp3) is 0.0952. The zero-order valence-electron chi connectivity index (χ0n) is 16.3. The van der Waals surface area contributed by atoms with Crippen molar-refractivity contribution in [3.8, 4) is 0 Å². The number of hydrogen-bond donors (Lipinski definition) is 2. The fourth-order valence-electron chi connectivity index (χ4n) is 3.07. The van der Waals surface area contributed by atoms with Gasteiger partial charge in [0.05, 0.1) is 6.33 Å². The molecule has 32 heavy (non-hydrogen) atoms. The van der Waals surface area contributed by atoms with Crippen LogP contribution in [-0.4, -0.2) is 36.7 Å². The van der Waals surface area contributed by atoms with Crippen molar-refractivity contribution < 1.29 is 19.4 Å². The third-order valence-corrected chi connectivity index (χ3v) is 5.00. The molecule has 0 saturated carbocycles. The van der Waals surface area contributed by atoms with Gasteiger partial charge in [0, 0.05) is 10.0 Å². The van der Waals surface area contributed by atoms with Crippen LogP contribution in [0.4, 0.5) is 10.6 Å². The summed E-state index contributed by atoms with van der Waals surface area (Å²) >= 11 is 12.0. The number of aliphatic carboxylic acids is 1. The van der Waals surface area contributed by atoms with Crippen LogP contribution in [0.25, 0.3) is 11.2 Å². The van der Waals surface area contributed by atoms with Gasteiger partial charge in [0.2, 0.25) is 0 Å². The molecule has 11 heteroatoms. The van der Waals surface area contributed by atoms with Crippen LogP contribution < -0.4 is 5.32 Å². The van der Waals surface area contributed by atoms with Crippen LogP contribution in [0.2, 0.25) is 10.0 Å². The van der Waals surface area contributed by atoms with Gasteiger partial charge in [0.25, 0.3) is 0 Å². The van der Waals surface area contributed by atoms with E-state index in [0.717, 1.165) is 0 Å². The number of anilines is 1. The van der Waals surface area contributed by atoms with Crippen LogP contribution in [0.3, 0.4) is 0 Å². The number of nitrogens with zero attached hydrogens (tertiary/aromatic N) is 4. The highest BCUT2D eigenvalue weighted by atomic mass is 35.5. The van der Waals surface area contributed by atoms with E-state index in [2.05, 4.69) is 20.3 Å². The number of carbonyl (C=O) groups excluding carboxylic acids is 1. The zero-order valence-corrected chi connectivity index (χ0v) is 17.8. The van der Waals surface area contributed by atoms with Crippen LogP contribution in [0.1, 0.15) is 17.2 Å². The number of fused-ring (bicyclic) bond motifs is 1. The van der Waals surface area contributed by atoms with Crippen molar-refractivity contribution in [1.29, 1.82) is 0 Å². The van der Waals surface area contributed by atoms with E-state index in [4.69, 9.17) is 33.0 Å². The van der Waals surface area contributed by atoms with Crippen molar-refractivity contribution >= 4 is 52.2 Å². The van der Waals surface area contributed by atoms with Crippen molar-refractivity contribution in [1.82, 2.24) is 19.5 Å². The molecule has 2 heterocycles. The molecule has 2 aromatic carbocycles. The monoisotopic (exact) mass is 471 g/mol. The van der Waals surface area contributed by atoms with Gasteiger partial charge in [-0.25, -0.2) is 19.7 Å². The van der Waals surface area contributed by atoms with Crippen LogP contribution in [-0.2, 0) is 16.1 Å². The van der Waals surface area contributed by atoms with Gasteiger partial charge in [-0.05, 0) is 35.4 Å². The molecule has 9 nitrogen and oxygen atoms in total. The lowest BCUT2D eigenvalue weighted by Crippen LogP contribution is -2.19.